The van der Waals surface area contributed by atoms with Gasteiger partial charge in [-0.05, 0) is 61.3 Å². The van der Waals surface area contributed by atoms with Crippen LogP contribution in [-0.4, -0.2) is 24.1 Å². The normalized spacial score (nSPS) is 10.1. The number of nitroso groups, excluding NO2 is 1. The van der Waals surface area contributed by atoms with Gasteiger partial charge in [0, 0.05) is 11.6 Å². The highest BCUT2D eigenvalue weighted by Crippen LogP contribution is 2.31. The zero-order valence-electron chi connectivity index (χ0n) is 15.8. The number of carbonyl (C=O) groups is 1. The van der Waals surface area contributed by atoms with Crippen LogP contribution in [0.15, 0.2) is 59.8 Å². The van der Waals surface area contributed by atoms with Crippen LogP contribution >= 0.6 is 0 Å². The summed E-state index contributed by atoms with van der Waals surface area (Å²) in [4.78, 5) is 32.3. The zero-order valence-corrected chi connectivity index (χ0v) is 15.8. The Hall–Kier alpha value is -3.75. The molecule has 0 aliphatic rings. The first-order valence-electron chi connectivity index (χ1n) is 8.76. The smallest absolute Gasteiger partial charge is 0.338 e. The maximum absolute atomic E-state index is 11.4. The monoisotopic (exact) mass is 400 g/mol. The van der Waals surface area contributed by atoms with Crippen LogP contribution in [0.4, 0.5) is 11.4 Å². The van der Waals surface area contributed by atoms with Gasteiger partial charge in [0.1, 0.15) is 17.2 Å². The molecule has 0 aliphatic carbocycles. The zero-order chi connectivity index (χ0) is 21.2. The third kappa shape index (κ3) is 6.73. The van der Waals surface area contributed by atoms with E-state index in [4.69, 9.17) is 14.2 Å². The second-order valence-corrected chi connectivity index (χ2v) is 6.05. The number of nitrogens with zero attached hydrogens (tertiary/aromatic N) is 2. The van der Waals surface area contributed by atoms with Gasteiger partial charge in [-0.2, -0.15) is 0 Å². The molecule has 0 spiro atoms. The molecule has 0 fully saturated rings. The van der Waals surface area contributed by atoms with Crippen molar-refractivity contribution in [2.24, 2.45) is 5.18 Å². The van der Waals surface area contributed by atoms with Gasteiger partial charge in [0.15, 0.2) is 5.75 Å². The van der Waals surface area contributed by atoms with E-state index in [1.807, 2.05) is 0 Å². The van der Waals surface area contributed by atoms with E-state index >= 15 is 0 Å². The Labute approximate surface area is 167 Å². The Morgan fingerprint density at radius 1 is 1.07 bits per heavy atom. The fourth-order valence-corrected chi connectivity index (χ4v) is 2.20. The number of nitro groups is 1. The summed E-state index contributed by atoms with van der Waals surface area (Å²) in [7, 11) is 0. The van der Waals surface area contributed by atoms with E-state index in [1.165, 1.54) is 12.1 Å². The van der Waals surface area contributed by atoms with Crippen molar-refractivity contribution in [1.82, 2.24) is 0 Å². The standard InChI is InChI=1S/C20H20N2O7/c1-14(2)20(23)29-17-8-6-16(7-9-17)27-11-3-4-12-28-19-10-5-15(21-24)13-18(19)22(25)26/h5-10,13H,1,3-4,11-12H2,2H3. The third-order valence-electron chi connectivity index (χ3n) is 3.69. The minimum atomic E-state index is -0.621. The van der Waals surface area contributed by atoms with Crippen molar-refractivity contribution in [3.05, 3.63) is 69.6 Å². The van der Waals surface area contributed by atoms with Crippen LogP contribution in [0.1, 0.15) is 19.8 Å². The van der Waals surface area contributed by atoms with Gasteiger partial charge < -0.3 is 14.2 Å². The first kappa shape index (κ1) is 21.5. The lowest BCUT2D eigenvalue weighted by Gasteiger charge is -2.09. The summed E-state index contributed by atoms with van der Waals surface area (Å²) in [6.45, 7) is 5.76. The second kappa shape index (κ2) is 10.5. The number of rotatable bonds is 11. The van der Waals surface area contributed by atoms with Gasteiger partial charge in [-0.1, -0.05) is 6.58 Å². The number of hydrogen-bond donors (Lipinski definition) is 0. The molecular formula is C20H20N2O7. The van der Waals surface area contributed by atoms with E-state index in [9.17, 15) is 19.8 Å². The Morgan fingerprint density at radius 3 is 2.28 bits per heavy atom. The minimum Gasteiger partial charge on any atom is -0.494 e. The molecular weight excluding hydrogens is 380 g/mol. The molecule has 0 aliphatic heterocycles. The van der Waals surface area contributed by atoms with Crippen molar-refractivity contribution in [3.63, 3.8) is 0 Å². The molecule has 29 heavy (non-hydrogen) atoms. The minimum absolute atomic E-state index is 0.0298. The summed E-state index contributed by atoms with van der Waals surface area (Å²) in [5.41, 5.74) is -0.0159. The van der Waals surface area contributed by atoms with Crippen LogP contribution in [0.2, 0.25) is 0 Å². The van der Waals surface area contributed by atoms with Crippen molar-refractivity contribution < 1.29 is 23.9 Å². The van der Waals surface area contributed by atoms with Crippen LogP contribution in [-0.2, 0) is 4.79 Å². The molecule has 0 heterocycles. The number of nitro benzene ring substituents is 1. The van der Waals surface area contributed by atoms with E-state index in [-0.39, 0.29) is 23.7 Å². The molecule has 0 radical (unpaired) electrons. The first-order chi connectivity index (χ1) is 13.9. The van der Waals surface area contributed by atoms with Gasteiger partial charge in [0.2, 0.25) is 0 Å². The molecule has 9 nitrogen and oxygen atoms in total. The summed E-state index contributed by atoms with van der Waals surface area (Å²) in [5, 5.41) is 13.7. The summed E-state index contributed by atoms with van der Waals surface area (Å²) in [6.07, 6.45) is 1.27. The molecule has 0 atom stereocenters. The second-order valence-electron chi connectivity index (χ2n) is 6.05. The Balaban J connectivity index is 1.72. The van der Waals surface area contributed by atoms with Crippen molar-refractivity contribution >= 4 is 17.3 Å². The summed E-state index contributed by atoms with van der Waals surface area (Å²) >= 11 is 0. The molecule has 2 aromatic rings. The highest BCUT2D eigenvalue weighted by atomic mass is 16.6. The molecule has 0 aromatic heterocycles. The van der Waals surface area contributed by atoms with Crippen molar-refractivity contribution in [2.75, 3.05) is 13.2 Å². The molecule has 152 valence electrons. The molecule has 2 rings (SSSR count). The fourth-order valence-electron chi connectivity index (χ4n) is 2.20. The van der Waals surface area contributed by atoms with Crippen LogP contribution in [0.25, 0.3) is 0 Å². The molecule has 0 saturated heterocycles. The maximum Gasteiger partial charge on any atom is 0.338 e. The van der Waals surface area contributed by atoms with Gasteiger partial charge >= 0.3 is 11.7 Å². The summed E-state index contributed by atoms with van der Waals surface area (Å²) in [5.74, 6) is 0.615. The lowest BCUT2D eigenvalue weighted by molar-refractivity contribution is -0.385. The Kier molecular flexibility index (Phi) is 7.84. The van der Waals surface area contributed by atoms with Crippen molar-refractivity contribution in [2.45, 2.75) is 19.8 Å². The predicted molar refractivity (Wildman–Crippen MR) is 106 cm³/mol. The quantitative estimate of drug-likeness (QED) is 0.102. The number of benzene rings is 2. The van der Waals surface area contributed by atoms with Gasteiger partial charge in [0.25, 0.3) is 0 Å². The average Bonchev–Trinajstić information content (AvgIpc) is 2.71. The molecule has 0 amide bonds. The predicted octanol–water partition coefficient (Wildman–Crippen LogP) is 4.71. The maximum atomic E-state index is 11.4. The van der Waals surface area contributed by atoms with Crippen molar-refractivity contribution in [3.8, 4) is 17.2 Å². The molecule has 0 unspecified atom stereocenters. The Morgan fingerprint density at radius 2 is 1.69 bits per heavy atom. The number of unbranched alkanes of at least 4 members (excludes halogenated alkanes) is 1. The number of hydrogen-bond acceptors (Lipinski definition) is 8. The van der Waals surface area contributed by atoms with E-state index in [2.05, 4.69) is 11.8 Å². The lowest BCUT2D eigenvalue weighted by Crippen LogP contribution is -2.08. The van der Waals surface area contributed by atoms with Gasteiger partial charge in [-0.25, -0.2) is 4.79 Å². The highest BCUT2D eigenvalue weighted by Gasteiger charge is 2.16. The number of ether oxygens (including phenoxy) is 3. The average molecular weight is 400 g/mol. The van der Waals surface area contributed by atoms with Crippen LogP contribution in [0, 0.1) is 15.0 Å². The SMILES string of the molecule is C=C(C)C(=O)Oc1ccc(OCCCCOc2ccc(N=O)cc2[N+](=O)[O-])cc1. The molecule has 9 heteroatoms. The van der Waals surface area contributed by atoms with Gasteiger partial charge in [0.05, 0.1) is 18.1 Å². The largest absolute Gasteiger partial charge is 0.494 e. The lowest BCUT2D eigenvalue weighted by atomic mass is 10.2. The summed E-state index contributed by atoms with van der Waals surface area (Å²) < 4.78 is 16.1. The van der Waals surface area contributed by atoms with Crippen LogP contribution in [0.5, 0.6) is 17.2 Å². The molecule has 0 bridgehead atoms. The fraction of sp³-hybridized carbons (Fsp3) is 0.250. The van der Waals surface area contributed by atoms with E-state index in [0.717, 1.165) is 6.07 Å². The number of esters is 1. The van der Waals surface area contributed by atoms with E-state index in [1.54, 1.807) is 31.2 Å². The van der Waals surface area contributed by atoms with Gasteiger partial charge in [-0.3, -0.25) is 10.1 Å². The van der Waals surface area contributed by atoms with Crippen molar-refractivity contribution in [1.29, 1.82) is 0 Å². The first-order valence-corrected chi connectivity index (χ1v) is 8.76. The Bertz CT molecular complexity index is 894. The highest BCUT2D eigenvalue weighted by molar-refractivity contribution is 5.88. The number of carbonyl (C=O) groups excluding carboxylic acids is 1. The van der Waals surface area contributed by atoms with Gasteiger partial charge in [-0.15, -0.1) is 4.91 Å². The van der Waals surface area contributed by atoms with Crippen LogP contribution in [0.3, 0.4) is 0 Å². The van der Waals surface area contributed by atoms with Crippen LogP contribution < -0.4 is 14.2 Å². The molecule has 0 saturated carbocycles. The summed E-state index contributed by atoms with van der Waals surface area (Å²) in [6, 6.07) is 10.4. The molecule has 2 aromatic carbocycles. The van der Waals surface area contributed by atoms with E-state index < -0.39 is 10.9 Å². The third-order valence-corrected chi connectivity index (χ3v) is 3.69. The van der Waals surface area contributed by atoms with E-state index in [0.29, 0.717) is 36.5 Å². The molecule has 0 N–H and O–H groups in total. The topological polar surface area (TPSA) is 117 Å².